The summed E-state index contributed by atoms with van der Waals surface area (Å²) in [4.78, 5) is 22.2. The van der Waals surface area contributed by atoms with Gasteiger partial charge in [-0.2, -0.15) is 0 Å². The second-order valence-electron chi connectivity index (χ2n) is 5.25. The van der Waals surface area contributed by atoms with Crippen LogP contribution in [0, 0.1) is 0 Å². The fourth-order valence-corrected chi connectivity index (χ4v) is 1.91. The first-order valence-corrected chi connectivity index (χ1v) is 7.53. The first-order chi connectivity index (χ1) is 11.5. The summed E-state index contributed by atoms with van der Waals surface area (Å²) in [6.07, 6.45) is 2.92. The minimum Gasteiger partial charge on any atom is -0.489 e. The summed E-state index contributed by atoms with van der Waals surface area (Å²) in [6, 6.07) is 16.2. The fourth-order valence-electron chi connectivity index (χ4n) is 1.91. The Hall–Kier alpha value is -3.08. The van der Waals surface area contributed by atoms with Gasteiger partial charge in [-0.3, -0.25) is 9.59 Å². The largest absolute Gasteiger partial charge is 0.489 e. The zero-order valence-corrected chi connectivity index (χ0v) is 13.3. The van der Waals surface area contributed by atoms with Gasteiger partial charge >= 0.3 is 5.97 Å². The number of aliphatic carboxylic acids is 1. The Bertz CT molecular complexity index is 708. The second kappa shape index (κ2) is 8.53. The third-order valence-corrected chi connectivity index (χ3v) is 3.28. The molecule has 2 rings (SSSR count). The molecule has 1 unspecified atom stereocenters. The third-order valence-electron chi connectivity index (χ3n) is 3.28. The van der Waals surface area contributed by atoms with Crippen molar-refractivity contribution in [2.75, 3.05) is 0 Å². The van der Waals surface area contributed by atoms with Gasteiger partial charge in [0.1, 0.15) is 18.4 Å². The van der Waals surface area contributed by atoms with Crippen molar-refractivity contribution in [1.82, 2.24) is 5.32 Å². The summed E-state index contributed by atoms with van der Waals surface area (Å²) < 4.78 is 5.68. The number of hydrogen-bond donors (Lipinski definition) is 2. The topological polar surface area (TPSA) is 75.6 Å². The Balaban J connectivity index is 1.86. The van der Waals surface area contributed by atoms with Gasteiger partial charge < -0.3 is 15.2 Å². The molecule has 0 saturated heterocycles. The zero-order chi connectivity index (χ0) is 17.4. The lowest BCUT2D eigenvalue weighted by atomic mass is 10.2. The van der Waals surface area contributed by atoms with Crippen LogP contribution in [0.25, 0.3) is 6.08 Å². The van der Waals surface area contributed by atoms with Crippen molar-refractivity contribution in [1.29, 1.82) is 0 Å². The van der Waals surface area contributed by atoms with E-state index in [4.69, 9.17) is 9.84 Å². The summed E-state index contributed by atoms with van der Waals surface area (Å²) in [5.74, 6) is -0.786. The molecule has 5 nitrogen and oxygen atoms in total. The molecule has 0 fully saturated rings. The van der Waals surface area contributed by atoms with Gasteiger partial charge in [-0.1, -0.05) is 42.5 Å². The summed E-state index contributed by atoms with van der Waals surface area (Å²) >= 11 is 0. The number of carboxylic acid groups (broad SMARTS) is 1. The molecule has 124 valence electrons. The quantitative estimate of drug-likeness (QED) is 0.768. The van der Waals surface area contributed by atoms with Crippen LogP contribution in [0.1, 0.15) is 18.1 Å². The van der Waals surface area contributed by atoms with E-state index in [9.17, 15) is 9.59 Å². The molecule has 1 atom stereocenters. The number of rotatable bonds is 7. The highest BCUT2D eigenvalue weighted by atomic mass is 16.5. The van der Waals surface area contributed by atoms with Gasteiger partial charge in [0.05, 0.1) is 0 Å². The number of carbonyl (C=O) groups is 2. The number of benzene rings is 2. The summed E-state index contributed by atoms with van der Waals surface area (Å²) in [5.41, 5.74) is 1.91. The number of amides is 1. The molecular weight excluding hydrogens is 306 g/mol. The van der Waals surface area contributed by atoms with Crippen molar-refractivity contribution in [2.24, 2.45) is 0 Å². The lowest BCUT2D eigenvalue weighted by Gasteiger charge is -2.07. The average molecular weight is 325 g/mol. The Kier molecular flexibility index (Phi) is 6.14. The van der Waals surface area contributed by atoms with Gasteiger partial charge in [0.15, 0.2) is 0 Å². The van der Waals surface area contributed by atoms with Gasteiger partial charge in [-0.25, -0.2) is 0 Å². The number of carbonyl (C=O) groups excluding carboxylic acids is 1. The van der Waals surface area contributed by atoms with Crippen molar-refractivity contribution in [3.05, 3.63) is 71.8 Å². The first-order valence-electron chi connectivity index (χ1n) is 7.53. The van der Waals surface area contributed by atoms with E-state index in [1.165, 1.54) is 13.0 Å². The van der Waals surface area contributed by atoms with E-state index in [-0.39, 0.29) is 0 Å². The smallest absolute Gasteiger partial charge is 0.325 e. The zero-order valence-electron chi connectivity index (χ0n) is 13.3. The molecule has 24 heavy (non-hydrogen) atoms. The molecule has 0 bridgehead atoms. The van der Waals surface area contributed by atoms with Crippen LogP contribution >= 0.6 is 0 Å². The van der Waals surface area contributed by atoms with Crippen LogP contribution in [0.2, 0.25) is 0 Å². The molecule has 0 radical (unpaired) electrons. The highest BCUT2D eigenvalue weighted by Gasteiger charge is 2.11. The van der Waals surface area contributed by atoms with Gasteiger partial charge in [0.25, 0.3) is 0 Å². The molecule has 2 aromatic carbocycles. The molecule has 0 aliphatic carbocycles. The van der Waals surface area contributed by atoms with Crippen molar-refractivity contribution >= 4 is 18.0 Å². The van der Waals surface area contributed by atoms with Gasteiger partial charge in [0, 0.05) is 6.08 Å². The molecule has 1 amide bonds. The van der Waals surface area contributed by atoms with E-state index >= 15 is 0 Å². The van der Waals surface area contributed by atoms with Gasteiger partial charge in [-0.15, -0.1) is 0 Å². The summed E-state index contributed by atoms with van der Waals surface area (Å²) in [6.45, 7) is 1.90. The van der Waals surface area contributed by atoms with E-state index in [0.717, 1.165) is 16.9 Å². The maximum atomic E-state index is 11.6. The Labute approximate surface area is 140 Å². The normalized spacial score (nSPS) is 11.9. The molecule has 2 aromatic rings. The number of nitrogens with one attached hydrogen (secondary N) is 1. The van der Waals surface area contributed by atoms with Crippen LogP contribution in [0.4, 0.5) is 0 Å². The monoisotopic (exact) mass is 325 g/mol. The minimum absolute atomic E-state index is 0.450. The average Bonchev–Trinajstić information content (AvgIpc) is 2.60. The van der Waals surface area contributed by atoms with Gasteiger partial charge in [-0.05, 0) is 36.3 Å². The van der Waals surface area contributed by atoms with Crippen LogP contribution in [-0.2, 0) is 16.2 Å². The lowest BCUT2D eigenvalue weighted by Crippen LogP contribution is -2.37. The molecule has 0 saturated carbocycles. The molecule has 0 heterocycles. The highest BCUT2D eigenvalue weighted by Crippen LogP contribution is 2.15. The van der Waals surface area contributed by atoms with Crippen LogP contribution in [0.15, 0.2) is 60.7 Å². The SMILES string of the molecule is CC(NC(=O)/C=C/c1ccc(OCc2ccccc2)cc1)C(=O)O. The summed E-state index contributed by atoms with van der Waals surface area (Å²) in [7, 11) is 0. The molecule has 5 heteroatoms. The maximum absolute atomic E-state index is 11.6. The Morgan fingerprint density at radius 2 is 1.79 bits per heavy atom. The van der Waals surface area contributed by atoms with Crippen molar-refractivity contribution < 1.29 is 19.4 Å². The third kappa shape index (κ3) is 5.61. The first kappa shape index (κ1) is 17.3. The van der Waals surface area contributed by atoms with Crippen LogP contribution in [0.3, 0.4) is 0 Å². The Morgan fingerprint density at radius 1 is 1.12 bits per heavy atom. The molecule has 0 aliphatic rings. The van der Waals surface area contributed by atoms with E-state index in [1.54, 1.807) is 6.08 Å². The van der Waals surface area contributed by atoms with Crippen molar-refractivity contribution in [3.8, 4) is 5.75 Å². The molecule has 2 N–H and O–H groups in total. The van der Waals surface area contributed by atoms with Crippen LogP contribution < -0.4 is 10.1 Å². The standard InChI is InChI=1S/C19H19NO4/c1-14(19(22)23)20-18(21)12-9-15-7-10-17(11-8-15)24-13-16-5-3-2-4-6-16/h2-12,14H,13H2,1H3,(H,20,21)(H,22,23)/b12-9+. The van der Waals surface area contributed by atoms with Crippen LogP contribution in [-0.4, -0.2) is 23.0 Å². The molecule has 0 spiro atoms. The number of hydrogen-bond acceptors (Lipinski definition) is 3. The van der Waals surface area contributed by atoms with Crippen molar-refractivity contribution in [3.63, 3.8) is 0 Å². The predicted molar refractivity (Wildman–Crippen MR) is 91.5 cm³/mol. The lowest BCUT2D eigenvalue weighted by molar-refractivity contribution is -0.140. The Morgan fingerprint density at radius 3 is 2.42 bits per heavy atom. The van der Waals surface area contributed by atoms with Crippen LogP contribution in [0.5, 0.6) is 5.75 Å². The summed E-state index contributed by atoms with van der Waals surface area (Å²) in [5, 5.41) is 11.1. The molecular formula is C19H19NO4. The molecule has 0 aliphatic heterocycles. The number of carboxylic acids is 1. The fraction of sp³-hybridized carbons (Fsp3) is 0.158. The minimum atomic E-state index is -1.07. The van der Waals surface area contributed by atoms with E-state index in [1.807, 2.05) is 54.6 Å². The predicted octanol–water partition coefficient (Wildman–Crippen LogP) is 2.87. The van der Waals surface area contributed by atoms with E-state index < -0.39 is 17.9 Å². The maximum Gasteiger partial charge on any atom is 0.325 e. The van der Waals surface area contributed by atoms with Crippen molar-refractivity contribution in [2.45, 2.75) is 19.6 Å². The number of ether oxygens (including phenoxy) is 1. The van der Waals surface area contributed by atoms with E-state index in [2.05, 4.69) is 5.32 Å². The molecule has 0 aromatic heterocycles. The highest BCUT2D eigenvalue weighted by molar-refractivity contribution is 5.94. The van der Waals surface area contributed by atoms with E-state index in [0.29, 0.717) is 6.61 Å². The second-order valence-corrected chi connectivity index (χ2v) is 5.25. The van der Waals surface area contributed by atoms with Gasteiger partial charge in [0.2, 0.25) is 5.91 Å².